The molecule has 72 valence electrons. The maximum atomic E-state index is 10.7. The van der Waals surface area contributed by atoms with E-state index in [2.05, 4.69) is 24.5 Å². The highest BCUT2D eigenvalue weighted by Crippen LogP contribution is 2.18. The average molecular weight is 207 g/mol. The number of nitro groups is 1. The third-order valence-corrected chi connectivity index (χ3v) is 1.81. The van der Waals surface area contributed by atoms with Crippen LogP contribution in [-0.2, 0) is 0 Å². The molecule has 14 heavy (non-hydrogen) atoms. The van der Waals surface area contributed by atoms with Gasteiger partial charge in [-0.2, -0.15) is 12.6 Å². The third kappa shape index (κ3) is 2.51. The minimum atomic E-state index is -0.421. The van der Waals surface area contributed by atoms with Crippen molar-refractivity contribution in [3.05, 3.63) is 39.4 Å². The Morgan fingerprint density at radius 1 is 1.57 bits per heavy atom. The van der Waals surface area contributed by atoms with Gasteiger partial charge in [0.25, 0.3) is 5.69 Å². The molecule has 0 aliphatic rings. The van der Waals surface area contributed by atoms with Crippen LogP contribution in [0.2, 0.25) is 0 Å². The zero-order valence-corrected chi connectivity index (χ0v) is 8.54. The second-order valence-corrected chi connectivity index (χ2v) is 3.05. The Balaban J connectivity index is 3.22. The fraction of sp³-hybridized carbons (Fsp3) is 0.200. The summed E-state index contributed by atoms with van der Waals surface area (Å²) >= 11 is 3.91. The summed E-state index contributed by atoms with van der Waals surface area (Å²) in [6.45, 7) is 1.81. The molecule has 0 fully saturated rings. The minimum Gasteiger partial charge on any atom is -0.258 e. The molecule has 0 spiro atoms. The molecule has 0 aliphatic carbocycles. The van der Waals surface area contributed by atoms with Gasteiger partial charge in [-0.1, -0.05) is 17.9 Å². The Morgan fingerprint density at radius 3 is 2.86 bits per heavy atom. The Hall–Kier alpha value is -1.47. The van der Waals surface area contributed by atoms with E-state index in [1.807, 2.05) is 6.92 Å². The number of nitro benzene ring substituents is 1. The number of hydrogen-bond donors (Lipinski definition) is 1. The summed E-state index contributed by atoms with van der Waals surface area (Å²) in [6.07, 6.45) is 0. The number of nitrogens with zero attached hydrogens (tertiary/aromatic N) is 1. The summed E-state index contributed by atoms with van der Waals surface area (Å²) in [6, 6.07) is 4.97. The molecule has 1 aromatic rings. The van der Waals surface area contributed by atoms with Crippen LogP contribution < -0.4 is 0 Å². The van der Waals surface area contributed by atoms with Crippen LogP contribution in [0.15, 0.2) is 18.2 Å². The minimum absolute atomic E-state index is 0.0549. The molecule has 0 unspecified atom stereocenters. The van der Waals surface area contributed by atoms with Gasteiger partial charge in [-0.3, -0.25) is 10.1 Å². The van der Waals surface area contributed by atoms with E-state index in [0.717, 1.165) is 5.56 Å². The Morgan fingerprint density at radius 2 is 2.29 bits per heavy atom. The molecule has 1 rings (SSSR count). The highest BCUT2D eigenvalue weighted by molar-refractivity contribution is 7.80. The summed E-state index contributed by atoms with van der Waals surface area (Å²) < 4.78 is 0. The largest absolute Gasteiger partial charge is 0.285 e. The highest BCUT2D eigenvalue weighted by atomic mass is 32.1. The Bertz CT molecular complexity index is 418. The molecular formula is C10H9NO2S. The molecule has 3 nitrogen and oxygen atoms in total. The van der Waals surface area contributed by atoms with Gasteiger partial charge in [0.05, 0.1) is 10.7 Å². The van der Waals surface area contributed by atoms with Gasteiger partial charge >= 0.3 is 0 Å². The maximum absolute atomic E-state index is 10.7. The molecule has 0 aromatic heterocycles. The van der Waals surface area contributed by atoms with E-state index in [9.17, 15) is 10.1 Å². The number of benzene rings is 1. The van der Waals surface area contributed by atoms with Crippen molar-refractivity contribution in [2.24, 2.45) is 0 Å². The van der Waals surface area contributed by atoms with Crippen molar-refractivity contribution in [3.63, 3.8) is 0 Å². The molecule has 0 atom stereocenters. The standard InChI is InChI=1S/C10H9NO2S/c1-8-4-5-9(3-2-6-14)10(7-8)11(12)13/h4-5,7,14H,6H2,1H3. The van der Waals surface area contributed by atoms with Crippen molar-refractivity contribution in [2.45, 2.75) is 6.92 Å². The van der Waals surface area contributed by atoms with Gasteiger partial charge in [0.2, 0.25) is 0 Å². The van der Waals surface area contributed by atoms with Crippen LogP contribution in [0, 0.1) is 28.9 Å². The lowest BCUT2D eigenvalue weighted by molar-refractivity contribution is -0.385. The van der Waals surface area contributed by atoms with Crippen LogP contribution >= 0.6 is 12.6 Å². The number of aryl methyl sites for hydroxylation is 1. The van der Waals surface area contributed by atoms with Crippen molar-refractivity contribution >= 4 is 18.3 Å². The summed E-state index contributed by atoms with van der Waals surface area (Å²) in [5.74, 6) is 5.79. The van der Waals surface area contributed by atoms with Gasteiger partial charge in [-0.05, 0) is 18.6 Å². The fourth-order valence-corrected chi connectivity index (χ4v) is 1.11. The van der Waals surface area contributed by atoms with E-state index >= 15 is 0 Å². The number of rotatable bonds is 1. The molecule has 0 radical (unpaired) electrons. The predicted octanol–water partition coefficient (Wildman–Crippen LogP) is 2.18. The van der Waals surface area contributed by atoms with Crippen molar-refractivity contribution in [1.82, 2.24) is 0 Å². The number of hydrogen-bond acceptors (Lipinski definition) is 3. The topological polar surface area (TPSA) is 43.1 Å². The lowest BCUT2D eigenvalue weighted by Gasteiger charge is -1.96. The smallest absolute Gasteiger partial charge is 0.258 e. The van der Waals surface area contributed by atoms with E-state index in [4.69, 9.17) is 0 Å². The summed E-state index contributed by atoms with van der Waals surface area (Å²) in [5.41, 5.74) is 1.35. The first kappa shape index (κ1) is 10.6. The fourth-order valence-electron chi connectivity index (χ4n) is 1.03. The summed E-state index contributed by atoms with van der Waals surface area (Å²) in [4.78, 5) is 10.2. The molecule has 0 heterocycles. The number of thiol groups is 1. The average Bonchev–Trinajstić information content (AvgIpc) is 2.15. The van der Waals surface area contributed by atoms with E-state index < -0.39 is 4.92 Å². The van der Waals surface area contributed by atoms with Crippen LogP contribution in [0.25, 0.3) is 0 Å². The van der Waals surface area contributed by atoms with Crippen LogP contribution in [0.1, 0.15) is 11.1 Å². The van der Waals surface area contributed by atoms with Crippen LogP contribution in [-0.4, -0.2) is 10.7 Å². The molecule has 0 bridgehead atoms. The molecule has 0 amide bonds. The Labute approximate surface area is 87.7 Å². The molecule has 0 aliphatic heterocycles. The van der Waals surface area contributed by atoms with Crippen molar-refractivity contribution < 1.29 is 4.92 Å². The van der Waals surface area contributed by atoms with Gasteiger partial charge in [-0.25, -0.2) is 0 Å². The molecule has 1 aromatic carbocycles. The first-order chi connectivity index (χ1) is 6.65. The van der Waals surface area contributed by atoms with E-state index in [1.54, 1.807) is 12.1 Å². The molecule has 4 heteroatoms. The van der Waals surface area contributed by atoms with Gasteiger partial charge in [-0.15, -0.1) is 0 Å². The van der Waals surface area contributed by atoms with Crippen molar-refractivity contribution in [2.75, 3.05) is 5.75 Å². The summed E-state index contributed by atoms with van der Waals surface area (Å²) in [7, 11) is 0. The van der Waals surface area contributed by atoms with E-state index in [-0.39, 0.29) is 5.69 Å². The highest BCUT2D eigenvalue weighted by Gasteiger charge is 2.11. The van der Waals surface area contributed by atoms with E-state index in [1.165, 1.54) is 6.07 Å². The SMILES string of the molecule is Cc1ccc(C#CCS)c([N+](=O)[O-])c1. The summed E-state index contributed by atoms with van der Waals surface area (Å²) in [5, 5.41) is 10.7. The lowest BCUT2D eigenvalue weighted by atomic mass is 10.1. The van der Waals surface area contributed by atoms with Crippen molar-refractivity contribution in [3.8, 4) is 11.8 Å². The molecular weight excluding hydrogens is 198 g/mol. The van der Waals surface area contributed by atoms with Crippen LogP contribution in [0.5, 0.6) is 0 Å². The second kappa shape index (κ2) is 4.68. The van der Waals surface area contributed by atoms with Crippen LogP contribution in [0.4, 0.5) is 5.69 Å². The van der Waals surface area contributed by atoms with E-state index in [0.29, 0.717) is 11.3 Å². The lowest BCUT2D eigenvalue weighted by Crippen LogP contribution is -1.92. The quantitative estimate of drug-likeness (QED) is 0.332. The zero-order chi connectivity index (χ0) is 10.6. The van der Waals surface area contributed by atoms with Crippen LogP contribution in [0.3, 0.4) is 0 Å². The normalized spacial score (nSPS) is 9.00. The third-order valence-electron chi connectivity index (χ3n) is 1.65. The van der Waals surface area contributed by atoms with Gasteiger partial charge in [0, 0.05) is 6.07 Å². The first-order valence-corrected chi connectivity index (χ1v) is 4.63. The Kier molecular flexibility index (Phi) is 3.55. The maximum Gasteiger partial charge on any atom is 0.285 e. The second-order valence-electron chi connectivity index (χ2n) is 2.74. The zero-order valence-electron chi connectivity index (χ0n) is 7.65. The molecule has 0 saturated heterocycles. The molecule has 0 saturated carbocycles. The van der Waals surface area contributed by atoms with Gasteiger partial charge in [0.1, 0.15) is 5.56 Å². The monoisotopic (exact) mass is 207 g/mol. The first-order valence-electron chi connectivity index (χ1n) is 4.00. The predicted molar refractivity (Wildman–Crippen MR) is 58.6 cm³/mol. The van der Waals surface area contributed by atoms with Gasteiger partial charge in [0.15, 0.2) is 0 Å². The molecule has 0 N–H and O–H groups in total. The van der Waals surface area contributed by atoms with Crippen molar-refractivity contribution in [1.29, 1.82) is 0 Å². The van der Waals surface area contributed by atoms with Gasteiger partial charge < -0.3 is 0 Å².